The Kier molecular flexibility index (Phi) is 4.25. The Morgan fingerprint density at radius 1 is 1.39 bits per heavy atom. The molecule has 98 valence electrons. The van der Waals surface area contributed by atoms with Crippen LogP contribution in [0.25, 0.3) is 0 Å². The van der Waals surface area contributed by atoms with Gasteiger partial charge in [-0.3, -0.25) is 14.4 Å². The fraction of sp³-hybridized carbons (Fsp3) is 0.417. The van der Waals surface area contributed by atoms with E-state index < -0.39 is 11.3 Å². The molecular formula is C12H17N3O3. The van der Waals surface area contributed by atoms with Gasteiger partial charge in [0.2, 0.25) is 11.8 Å². The predicted octanol–water partition coefficient (Wildman–Crippen LogP) is -0.524. The van der Waals surface area contributed by atoms with Crippen molar-refractivity contribution in [3.05, 3.63) is 34.7 Å². The summed E-state index contributed by atoms with van der Waals surface area (Å²) in [5, 5.41) is 2.58. The zero-order valence-electron chi connectivity index (χ0n) is 10.5. The Balaban J connectivity index is 2.56. The highest BCUT2D eigenvalue weighted by Gasteiger charge is 2.25. The van der Waals surface area contributed by atoms with Crippen molar-refractivity contribution in [3.8, 4) is 0 Å². The van der Waals surface area contributed by atoms with E-state index in [4.69, 9.17) is 5.73 Å². The van der Waals surface area contributed by atoms with Crippen LogP contribution in [-0.2, 0) is 16.1 Å². The second-order valence-corrected chi connectivity index (χ2v) is 4.69. The van der Waals surface area contributed by atoms with Crippen molar-refractivity contribution in [2.45, 2.75) is 20.4 Å². The fourth-order valence-corrected chi connectivity index (χ4v) is 1.21. The summed E-state index contributed by atoms with van der Waals surface area (Å²) in [6, 6.07) is 4.65. The molecule has 0 radical (unpaired) electrons. The molecule has 0 aromatic carbocycles. The van der Waals surface area contributed by atoms with Crippen LogP contribution in [0.4, 0.5) is 0 Å². The van der Waals surface area contributed by atoms with E-state index >= 15 is 0 Å². The van der Waals surface area contributed by atoms with Gasteiger partial charge in [-0.15, -0.1) is 0 Å². The van der Waals surface area contributed by atoms with Crippen molar-refractivity contribution in [1.29, 1.82) is 0 Å². The van der Waals surface area contributed by atoms with Crippen molar-refractivity contribution >= 4 is 11.8 Å². The standard InChI is InChI=1S/C12H17N3O3/c1-12(2,11(13)18)8-14-9(16)7-15-6-4-3-5-10(15)17/h3-6H,7-8H2,1-2H3,(H2,13,18)(H,14,16). The fourth-order valence-electron chi connectivity index (χ4n) is 1.21. The Labute approximate surface area is 105 Å². The third kappa shape index (κ3) is 3.73. The largest absolute Gasteiger partial charge is 0.369 e. The first-order valence-electron chi connectivity index (χ1n) is 5.55. The van der Waals surface area contributed by atoms with Crippen LogP contribution >= 0.6 is 0 Å². The van der Waals surface area contributed by atoms with Gasteiger partial charge in [-0.1, -0.05) is 6.07 Å². The molecule has 0 aliphatic heterocycles. The van der Waals surface area contributed by atoms with Crippen molar-refractivity contribution in [2.24, 2.45) is 11.1 Å². The van der Waals surface area contributed by atoms with Crippen molar-refractivity contribution in [1.82, 2.24) is 9.88 Å². The normalized spacial score (nSPS) is 11.0. The zero-order valence-corrected chi connectivity index (χ0v) is 10.5. The van der Waals surface area contributed by atoms with Gasteiger partial charge in [0.15, 0.2) is 0 Å². The van der Waals surface area contributed by atoms with Gasteiger partial charge in [0, 0.05) is 18.8 Å². The van der Waals surface area contributed by atoms with Crippen LogP contribution in [0.1, 0.15) is 13.8 Å². The molecule has 0 saturated heterocycles. The number of nitrogens with one attached hydrogen (secondary N) is 1. The Morgan fingerprint density at radius 2 is 2.06 bits per heavy atom. The van der Waals surface area contributed by atoms with E-state index in [9.17, 15) is 14.4 Å². The smallest absolute Gasteiger partial charge is 0.250 e. The molecule has 0 atom stereocenters. The van der Waals surface area contributed by atoms with E-state index in [1.807, 2.05) is 0 Å². The average molecular weight is 251 g/mol. The van der Waals surface area contributed by atoms with Gasteiger partial charge in [-0.2, -0.15) is 0 Å². The van der Waals surface area contributed by atoms with Crippen LogP contribution in [0.15, 0.2) is 29.2 Å². The molecule has 1 rings (SSSR count). The minimum Gasteiger partial charge on any atom is -0.369 e. The van der Waals surface area contributed by atoms with Gasteiger partial charge in [-0.05, 0) is 19.9 Å². The summed E-state index contributed by atoms with van der Waals surface area (Å²) in [6.45, 7) is 3.35. The van der Waals surface area contributed by atoms with Gasteiger partial charge in [0.05, 0.1) is 5.41 Å². The highest BCUT2D eigenvalue weighted by Crippen LogP contribution is 2.11. The molecule has 0 unspecified atom stereocenters. The van der Waals surface area contributed by atoms with E-state index in [1.54, 1.807) is 26.0 Å². The molecule has 1 aromatic rings. The van der Waals surface area contributed by atoms with Crippen LogP contribution < -0.4 is 16.6 Å². The lowest BCUT2D eigenvalue weighted by Gasteiger charge is -2.20. The molecule has 0 bridgehead atoms. The summed E-state index contributed by atoms with van der Waals surface area (Å²) in [5.41, 5.74) is 4.13. The third-order valence-electron chi connectivity index (χ3n) is 2.61. The van der Waals surface area contributed by atoms with E-state index in [0.717, 1.165) is 0 Å². The lowest BCUT2D eigenvalue weighted by atomic mass is 9.93. The first-order valence-corrected chi connectivity index (χ1v) is 5.55. The number of carbonyl (C=O) groups excluding carboxylic acids is 2. The molecular weight excluding hydrogens is 234 g/mol. The lowest BCUT2D eigenvalue weighted by molar-refractivity contribution is -0.127. The van der Waals surface area contributed by atoms with Crippen LogP contribution in [0.3, 0.4) is 0 Å². The summed E-state index contributed by atoms with van der Waals surface area (Å²) in [6.07, 6.45) is 1.53. The Morgan fingerprint density at radius 3 is 2.61 bits per heavy atom. The van der Waals surface area contributed by atoms with E-state index in [1.165, 1.54) is 16.8 Å². The summed E-state index contributed by atoms with van der Waals surface area (Å²) >= 11 is 0. The molecule has 1 aromatic heterocycles. The molecule has 0 spiro atoms. The number of amides is 2. The van der Waals surface area contributed by atoms with Gasteiger partial charge >= 0.3 is 0 Å². The molecule has 6 heteroatoms. The minimum absolute atomic E-state index is 0.0749. The highest BCUT2D eigenvalue weighted by atomic mass is 16.2. The summed E-state index contributed by atoms with van der Waals surface area (Å²) in [7, 11) is 0. The van der Waals surface area contributed by atoms with Gasteiger partial charge in [-0.25, -0.2) is 0 Å². The van der Waals surface area contributed by atoms with E-state index in [2.05, 4.69) is 5.32 Å². The van der Waals surface area contributed by atoms with E-state index in [0.29, 0.717) is 0 Å². The maximum atomic E-state index is 11.6. The summed E-state index contributed by atoms with van der Waals surface area (Å²) in [4.78, 5) is 34.0. The molecule has 1 heterocycles. The van der Waals surface area contributed by atoms with Crippen molar-refractivity contribution < 1.29 is 9.59 Å². The molecule has 6 nitrogen and oxygen atoms in total. The number of nitrogens with zero attached hydrogens (tertiary/aromatic N) is 1. The number of pyridine rings is 1. The molecule has 0 aliphatic carbocycles. The van der Waals surface area contributed by atoms with Gasteiger partial charge < -0.3 is 15.6 Å². The van der Waals surface area contributed by atoms with Crippen LogP contribution in [-0.4, -0.2) is 22.9 Å². The monoisotopic (exact) mass is 251 g/mol. The first-order chi connectivity index (χ1) is 8.33. The lowest BCUT2D eigenvalue weighted by Crippen LogP contribution is -2.43. The molecule has 0 aliphatic rings. The van der Waals surface area contributed by atoms with E-state index in [-0.39, 0.29) is 24.6 Å². The molecule has 0 fully saturated rings. The van der Waals surface area contributed by atoms with Crippen LogP contribution in [0.5, 0.6) is 0 Å². The first kappa shape index (κ1) is 14.0. The summed E-state index contributed by atoms with van der Waals surface area (Å²) in [5.74, 6) is -0.822. The molecule has 2 amide bonds. The Hall–Kier alpha value is -2.11. The topological polar surface area (TPSA) is 94.2 Å². The molecule has 0 saturated carbocycles. The highest BCUT2D eigenvalue weighted by molar-refractivity contribution is 5.82. The zero-order chi connectivity index (χ0) is 13.8. The van der Waals surface area contributed by atoms with Gasteiger partial charge in [0.25, 0.3) is 5.56 Å². The predicted molar refractivity (Wildman–Crippen MR) is 66.7 cm³/mol. The Bertz CT molecular complexity index is 505. The summed E-state index contributed by atoms with van der Waals surface area (Å²) < 4.78 is 1.28. The molecule has 18 heavy (non-hydrogen) atoms. The minimum atomic E-state index is -0.808. The number of nitrogens with two attached hydrogens (primary N) is 1. The SMILES string of the molecule is CC(C)(CNC(=O)Cn1ccccc1=O)C(N)=O. The second kappa shape index (κ2) is 5.48. The number of carbonyl (C=O) groups is 2. The quantitative estimate of drug-likeness (QED) is 0.737. The maximum Gasteiger partial charge on any atom is 0.250 e. The number of hydrogen-bond donors (Lipinski definition) is 2. The second-order valence-electron chi connectivity index (χ2n) is 4.69. The number of primary amides is 1. The number of hydrogen-bond acceptors (Lipinski definition) is 3. The maximum absolute atomic E-state index is 11.6. The van der Waals surface area contributed by atoms with Crippen LogP contribution in [0, 0.1) is 5.41 Å². The van der Waals surface area contributed by atoms with Crippen molar-refractivity contribution in [2.75, 3.05) is 6.54 Å². The third-order valence-corrected chi connectivity index (χ3v) is 2.61. The van der Waals surface area contributed by atoms with Crippen LogP contribution in [0.2, 0.25) is 0 Å². The van der Waals surface area contributed by atoms with Crippen molar-refractivity contribution in [3.63, 3.8) is 0 Å². The van der Waals surface area contributed by atoms with Gasteiger partial charge in [0.1, 0.15) is 6.54 Å². The number of rotatable bonds is 5. The molecule has 3 N–H and O–H groups in total. The number of aromatic nitrogens is 1. The average Bonchev–Trinajstić information content (AvgIpc) is 2.29.